The van der Waals surface area contributed by atoms with Gasteiger partial charge in [-0.1, -0.05) is 17.7 Å². The molecule has 27 heavy (non-hydrogen) atoms. The Kier molecular flexibility index (Phi) is 4.79. The standard InChI is InChI=1S/C21H15ClN2O2S/c1-26-17-10-8-16(9-11-17)24-20(14-4-6-15(22)7-5-14)23-19(21(24)25)13-18-3-2-12-27-18/h2-13H,1H3. The number of rotatable bonds is 4. The molecule has 0 saturated carbocycles. The van der Waals surface area contributed by atoms with Crippen molar-refractivity contribution in [2.75, 3.05) is 12.0 Å². The number of hydrogen-bond acceptors (Lipinski definition) is 4. The molecular formula is C21H15ClN2O2S. The molecule has 4 nitrogen and oxygen atoms in total. The van der Waals surface area contributed by atoms with Gasteiger partial charge in [-0.2, -0.15) is 0 Å². The molecule has 2 aromatic carbocycles. The summed E-state index contributed by atoms with van der Waals surface area (Å²) in [4.78, 5) is 20.4. The molecule has 1 aliphatic rings. The predicted molar refractivity (Wildman–Crippen MR) is 111 cm³/mol. The van der Waals surface area contributed by atoms with Gasteiger partial charge >= 0.3 is 0 Å². The second-order valence-corrected chi connectivity index (χ2v) is 7.24. The highest BCUT2D eigenvalue weighted by atomic mass is 35.5. The maximum atomic E-state index is 13.1. The van der Waals surface area contributed by atoms with Crippen LogP contribution in [-0.2, 0) is 4.79 Å². The third-order valence-electron chi connectivity index (χ3n) is 4.12. The molecule has 0 bridgehead atoms. The second-order valence-electron chi connectivity index (χ2n) is 5.83. The van der Waals surface area contributed by atoms with Gasteiger partial charge in [0.15, 0.2) is 0 Å². The Morgan fingerprint density at radius 2 is 1.81 bits per heavy atom. The van der Waals surface area contributed by atoms with E-state index in [9.17, 15) is 4.79 Å². The van der Waals surface area contributed by atoms with Crippen molar-refractivity contribution < 1.29 is 9.53 Å². The van der Waals surface area contributed by atoms with Crippen LogP contribution in [-0.4, -0.2) is 18.9 Å². The molecule has 134 valence electrons. The van der Waals surface area contributed by atoms with Crippen molar-refractivity contribution in [3.05, 3.63) is 87.2 Å². The van der Waals surface area contributed by atoms with Gasteiger partial charge in [-0.3, -0.25) is 9.69 Å². The SMILES string of the molecule is COc1ccc(N2C(=O)C(=Cc3cccs3)N=C2c2ccc(Cl)cc2)cc1. The molecule has 0 aliphatic carbocycles. The largest absolute Gasteiger partial charge is 0.497 e. The Labute approximate surface area is 166 Å². The fourth-order valence-corrected chi connectivity index (χ4v) is 3.57. The van der Waals surface area contributed by atoms with E-state index in [1.54, 1.807) is 35.5 Å². The molecule has 1 amide bonds. The lowest BCUT2D eigenvalue weighted by Gasteiger charge is -2.19. The average molecular weight is 395 g/mol. The number of carbonyl (C=O) groups is 1. The van der Waals surface area contributed by atoms with Crippen molar-refractivity contribution >= 4 is 46.4 Å². The molecular weight excluding hydrogens is 380 g/mol. The van der Waals surface area contributed by atoms with Crippen molar-refractivity contribution in [3.8, 4) is 5.75 Å². The molecule has 0 radical (unpaired) electrons. The van der Waals surface area contributed by atoms with E-state index in [2.05, 4.69) is 4.99 Å². The smallest absolute Gasteiger partial charge is 0.282 e. The highest BCUT2D eigenvalue weighted by Gasteiger charge is 2.32. The van der Waals surface area contributed by atoms with E-state index >= 15 is 0 Å². The van der Waals surface area contributed by atoms with Gasteiger partial charge < -0.3 is 4.74 Å². The second kappa shape index (κ2) is 7.39. The van der Waals surface area contributed by atoms with Crippen LogP contribution in [0.3, 0.4) is 0 Å². The van der Waals surface area contributed by atoms with Crippen LogP contribution in [0, 0.1) is 0 Å². The van der Waals surface area contributed by atoms with E-state index in [1.165, 1.54) is 0 Å². The van der Waals surface area contributed by atoms with E-state index in [-0.39, 0.29) is 5.91 Å². The van der Waals surface area contributed by atoms with E-state index in [1.807, 2.05) is 60.0 Å². The topological polar surface area (TPSA) is 41.9 Å². The molecule has 1 aromatic heterocycles. The molecule has 0 saturated heterocycles. The summed E-state index contributed by atoms with van der Waals surface area (Å²) < 4.78 is 5.22. The lowest BCUT2D eigenvalue weighted by atomic mass is 10.1. The summed E-state index contributed by atoms with van der Waals surface area (Å²) in [7, 11) is 1.61. The number of hydrogen-bond donors (Lipinski definition) is 0. The van der Waals surface area contributed by atoms with Gasteiger partial charge in [0, 0.05) is 15.5 Å². The Hall–Kier alpha value is -2.89. The number of anilines is 1. The predicted octanol–water partition coefficient (Wildman–Crippen LogP) is 5.24. The van der Waals surface area contributed by atoms with Gasteiger partial charge in [0.05, 0.1) is 12.8 Å². The summed E-state index contributed by atoms with van der Waals surface area (Å²) in [5, 5.41) is 2.60. The monoisotopic (exact) mass is 394 g/mol. The summed E-state index contributed by atoms with van der Waals surface area (Å²) in [6.07, 6.45) is 1.81. The van der Waals surface area contributed by atoms with Crippen LogP contribution >= 0.6 is 22.9 Å². The summed E-state index contributed by atoms with van der Waals surface area (Å²) in [5.41, 5.74) is 1.94. The highest BCUT2D eigenvalue weighted by Crippen LogP contribution is 2.30. The molecule has 0 atom stereocenters. The van der Waals surface area contributed by atoms with Gasteiger partial charge in [0.1, 0.15) is 17.3 Å². The molecule has 2 heterocycles. The number of thiophene rings is 1. The third-order valence-corrected chi connectivity index (χ3v) is 5.19. The summed E-state index contributed by atoms with van der Waals surface area (Å²) >= 11 is 7.58. The molecule has 0 unspecified atom stereocenters. The first kappa shape index (κ1) is 17.5. The summed E-state index contributed by atoms with van der Waals surface area (Å²) in [6, 6.07) is 18.5. The fourth-order valence-electron chi connectivity index (χ4n) is 2.79. The van der Waals surface area contributed by atoms with Gasteiger partial charge in [-0.25, -0.2) is 4.99 Å². The molecule has 1 aliphatic heterocycles. The molecule has 3 aromatic rings. The fraction of sp³-hybridized carbons (Fsp3) is 0.0476. The highest BCUT2D eigenvalue weighted by molar-refractivity contribution is 7.10. The number of nitrogens with zero attached hydrogens (tertiary/aromatic N) is 2. The average Bonchev–Trinajstić information content (AvgIpc) is 3.31. The van der Waals surface area contributed by atoms with Crippen LogP contribution in [0.4, 0.5) is 5.69 Å². The van der Waals surface area contributed by atoms with E-state index in [4.69, 9.17) is 16.3 Å². The minimum Gasteiger partial charge on any atom is -0.497 e. The van der Waals surface area contributed by atoms with Crippen LogP contribution in [0.1, 0.15) is 10.4 Å². The number of aliphatic imine (C=N–C) groups is 1. The van der Waals surface area contributed by atoms with Crippen molar-refractivity contribution in [3.63, 3.8) is 0 Å². The number of amides is 1. The first-order chi connectivity index (χ1) is 13.2. The normalized spacial score (nSPS) is 15.3. The van der Waals surface area contributed by atoms with Crippen molar-refractivity contribution in [2.24, 2.45) is 4.99 Å². The van der Waals surface area contributed by atoms with E-state index in [0.29, 0.717) is 16.6 Å². The Bertz CT molecular complexity index is 1020. The van der Waals surface area contributed by atoms with Crippen LogP contribution in [0.15, 0.2) is 76.7 Å². The number of ether oxygens (including phenoxy) is 1. The lowest BCUT2D eigenvalue weighted by Crippen LogP contribution is -2.32. The van der Waals surface area contributed by atoms with Crippen LogP contribution in [0.2, 0.25) is 5.02 Å². The zero-order valence-corrected chi connectivity index (χ0v) is 16.0. The number of halogens is 1. The van der Waals surface area contributed by atoms with Crippen LogP contribution < -0.4 is 9.64 Å². The molecule has 0 N–H and O–H groups in total. The minimum absolute atomic E-state index is 0.168. The third kappa shape index (κ3) is 3.52. The van der Waals surface area contributed by atoms with Crippen molar-refractivity contribution in [2.45, 2.75) is 0 Å². The zero-order valence-electron chi connectivity index (χ0n) is 14.4. The quantitative estimate of drug-likeness (QED) is 0.567. The van der Waals surface area contributed by atoms with Crippen LogP contribution in [0.25, 0.3) is 6.08 Å². The first-order valence-electron chi connectivity index (χ1n) is 8.24. The maximum absolute atomic E-state index is 13.1. The first-order valence-corrected chi connectivity index (χ1v) is 9.50. The van der Waals surface area contributed by atoms with Crippen molar-refractivity contribution in [1.29, 1.82) is 0 Å². The van der Waals surface area contributed by atoms with Gasteiger partial charge in [-0.15, -0.1) is 11.3 Å². The van der Waals surface area contributed by atoms with Crippen LogP contribution in [0.5, 0.6) is 5.75 Å². The van der Waals surface area contributed by atoms with Gasteiger partial charge in [-0.05, 0) is 66.1 Å². The van der Waals surface area contributed by atoms with Crippen molar-refractivity contribution in [1.82, 2.24) is 0 Å². The Morgan fingerprint density at radius 1 is 1.07 bits per heavy atom. The Morgan fingerprint density at radius 3 is 2.44 bits per heavy atom. The number of benzene rings is 2. The molecule has 0 spiro atoms. The molecule has 0 fully saturated rings. The lowest BCUT2D eigenvalue weighted by molar-refractivity contribution is -0.113. The van der Waals surface area contributed by atoms with E-state index < -0.39 is 0 Å². The van der Waals surface area contributed by atoms with E-state index in [0.717, 1.165) is 21.9 Å². The Balaban J connectivity index is 1.80. The van der Waals surface area contributed by atoms with Gasteiger partial charge in [0.25, 0.3) is 5.91 Å². The summed E-state index contributed by atoms with van der Waals surface area (Å²) in [5.74, 6) is 1.13. The zero-order chi connectivity index (χ0) is 18.8. The van der Waals surface area contributed by atoms with Gasteiger partial charge in [0.2, 0.25) is 0 Å². The number of methoxy groups -OCH3 is 1. The molecule has 6 heteroatoms. The number of carbonyl (C=O) groups excluding carboxylic acids is 1. The molecule has 4 rings (SSSR count). The minimum atomic E-state index is -0.168. The maximum Gasteiger partial charge on any atom is 0.282 e. The number of amidine groups is 1. The summed E-state index contributed by atoms with van der Waals surface area (Å²) in [6.45, 7) is 0.